The summed E-state index contributed by atoms with van der Waals surface area (Å²) in [5, 5.41) is 4.65. The molecule has 6 nitrogen and oxygen atoms in total. The molecule has 11 heteroatoms. The fourth-order valence-electron chi connectivity index (χ4n) is 1.64. The third kappa shape index (κ3) is 4.02. The molecular weight excluding hydrogens is 354 g/mol. The van der Waals surface area contributed by atoms with E-state index in [1.165, 1.54) is 12.1 Å². The summed E-state index contributed by atoms with van der Waals surface area (Å²) in [6.07, 6.45) is -5.08. The number of rotatable bonds is 2. The van der Waals surface area contributed by atoms with Crippen LogP contribution in [0.3, 0.4) is 0 Å². The number of alkyl halides is 3. The summed E-state index contributed by atoms with van der Waals surface area (Å²) in [5.74, 6) is -3.64. The van der Waals surface area contributed by atoms with E-state index < -0.39 is 35.5 Å². The molecule has 0 radical (unpaired) electrons. The molecule has 0 atom stereocenters. The zero-order valence-corrected chi connectivity index (χ0v) is 12.8. The minimum Gasteiger partial charge on any atom is -0.381 e. The highest BCUT2D eigenvalue weighted by atomic mass is 35.5. The van der Waals surface area contributed by atoms with Crippen LogP contribution in [-0.4, -0.2) is 16.0 Å². The molecule has 0 aliphatic carbocycles. The first-order chi connectivity index (χ1) is 11.1. The molecular formula is C13H10ClF4N5O. The van der Waals surface area contributed by atoms with E-state index in [2.05, 4.69) is 15.3 Å². The normalized spacial score (nSPS) is 11.2. The van der Waals surface area contributed by atoms with Gasteiger partial charge < -0.3 is 11.1 Å². The van der Waals surface area contributed by atoms with Crippen LogP contribution in [0.15, 0.2) is 18.2 Å². The molecule has 0 aliphatic heterocycles. The lowest BCUT2D eigenvalue weighted by molar-refractivity contribution is -0.143. The number of aryl methyl sites for hydroxylation is 1. The van der Waals surface area contributed by atoms with Gasteiger partial charge in [-0.1, -0.05) is 17.7 Å². The van der Waals surface area contributed by atoms with E-state index in [1.54, 1.807) is 13.0 Å². The minimum absolute atomic E-state index is 0.286. The SMILES string of the molecule is Cc1ccc(NC(=O)Nc2nc(N)c(F)c(C(F)(F)F)n2)cc1Cl. The van der Waals surface area contributed by atoms with Crippen molar-refractivity contribution < 1.29 is 22.4 Å². The van der Waals surface area contributed by atoms with E-state index in [9.17, 15) is 22.4 Å². The molecule has 0 saturated heterocycles. The van der Waals surface area contributed by atoms with Crippen LogP contribution in [0.4, 0.5) is 39.8 Å². The number of halogens is 5. The molecule has 1 aromatic heterocycles. The summed E-state index contributed by atoms with van der Waals surface area (Å²) < 4.78 is 51.3. The molecule has 4 N–H and O–H groups in total. The predicted octanol–water partition coefficient (Wildman–Crippen LogP) is 3.82. The average molecular weight is 364 g/mol. The van der Waals surface area contributed by atoms with Crippen LogP contribution in [0.25, 0.3) is 0 Å². The van der Waals surface area contributed by atoms with Gasteiger partial charge in [-0.2, -0.15) is 18.2 Å². The largest absolute Gasteiger partial charge is 0.436 e. The van der Waals surface area contributed by atoms with Crippen molar-refractivity contribution in [1.29, 1.82) is 0 Å². The number of hydrogen-bond acceptors (Lipinski definition) is 4. The lowest BCUT2D eigenvalue weighted by Crippen LogP contribution is -2.23. The third-order valence-electron chi connectivity index (χ3n) is 2.80. The molecule has 0 saturated carbocycles. The standard InChI is InChI=1S/C13H10ClF4N5O/c1-5-2-3-6(4-7(5)14)20-12(24)23-11-21-9(13(16,17)18)8(15)10(19)22-11/h2-4H,1H3,(H4,19,20,21,22,23,24). The number of urea groups is 1. The molecule has 1 heterocycles. The highest BCUT2D eigenvalue weighted by Crippen LogP contribution is 2.32. The van der Waals surface area contributed by atoms with E-state index in [-0.39, 0.29) is 5.69 Å². The first-order valence-electron chi connectivity index (χ1n) is 6.32. The Morgan fingerprint density at radius 3 is 2.50 bits per heavy atom. The maximum atomic E-state index is 13.3. The van der Waals surface area contributed by atoms with Crippen LogP contribution in [0, 0.1) is 12.7 Å². The molecule has 0 unspecified atom stereocenters. The highest BCUT2D eigenvalue weighted by molar-refractivity contribution is 6.31. The monoisotopic (exact) mass is 363 g/mol. The second-order valence-corrected chi connectivity index (χ2v) is 5.04. The highest BCUT2D eigenvalue weighted by Gasteiger charge is 2.38. The van der Waals surface area contributed by atoms with Crippen LogP contribution in [0.1, 0.15) is 11.3 Å². The van der Waals surface area contributed by atoms with Crippen molar-refractivity contribution in [2.24, 2.45) is 0 Å². The number of nitrogens with two attached hydrogens (primary N) is 1. The number of carbonyl (C=O) groups excluding carboxylic acids is 1. The number of benzene rings is 1. The predicted molar refractivity (Wildman–Crippen MR) is 80.2 cm³/mol. The van der Waals surface area contributed by atoms with Crippen molar-refractivity contribution >= 4 is 35.1 Å². The lowest BCUT2D eigenvalue weighted by atomic mass is 10.2. The van der Waals surface area contributed by atoms with Crippen molar-refractivity contribution in [2.75, 3.05) is 16.4 Å². The topological polar surface area (TPSA) is 92.9 Å². The zero-order chi connectivity index (χ0) is 18.1. The van der Waals surface area contributed by atoms with Crippen LogP contribution in [0.2, 0.25) is 5.02 Å². The van der Waals surface area contributed by atoms with Crippen LogP contribution in [-0.2, 0) is 6.18 Å². The maximum absolute atomic E-state index is 13.3. The number of hydrogen-bond donors (Lipinski definition) is 3. The summed E-state index contributed by atoms with van der Waals surface area (Å²) in [6.45, 7) is 1.75. The van der Waals surface area contributed by atoms with Gasteiger partial charge in [0.1, 0.15) is 0 Å². The second-order valence-electron chi connectivity index (χ2n) is 4.64. The van der Waals surface area contributed by atoms with E-state index >= 15 is 0 Å². The fourth-order valence-corrected chi connectivity index (χ4v) is 1.82. The average Bonchev–Trinajstić information content (AvgIpc) is 2.45. The van der Waals surface area contributed by atoms with Gasteiger partial charge in [0.2, 0.25) is 5.95 Å². The van der Waals surface area contributed by atoms with Crippen LogP contribution in [0.5, 0.6) is 0 Å². The Morgan fingerprint density at radius 2 is 1.92 bits per heavy atom. The number of anilines is 3. The molecule has 0 bridgehead atoms. The second kappa shape index (κ2) is 6.48. The summed E-state index contributed by atoms with van der Waals surface area (Å²) in [5.41, 5.74) is 4.25. The molecule has 2 aromatic rings. The third-order valence-corrected chi connectivity index (χ3v) is 3.21. The smallest absolute Gasteiger partial charge is 0.381 e. The molecule has 0 fully saturated rings. The van der Waals surface area contributed by atoms with Gasteiger partial charge in [-0.3, -0.25) is 5.32 Å². The van der Waals surface area contributed by atoms with Gasteiger partial charge in [0.15, 0.2) is 17.3 Å². The van der Waals surface area contributed by atoms with Gasteiger partial charge in [-0.25, -0.2) is 14.2 Å². The summed E-state index contributed by atoms with van der Waals surface area (Å²) in [7, 11) is 0. The van der Waals surface area contributed by atoms with E-state index in [4.69, 9.17) is 17.3 Å². The van der Waals surface area contributed by atoms with Gasteiger partial charge in [0.25, 0.3) is 0 Å². The van der Waals surface area contributed by atoms with Gasteiger partial charge >= 0.3 is 12.2 Å². The van der Waals surface area contributed by atoms with Gasteiger partial charge in [0, 0.05) is 10.7 Å². The molecule has 2 amide bonds. The maximum Gasteiger partial charge on any atom is 0.436 e. The first-order valence-corrected chi connectivity index (χ1v) is 6.70. The fraction of sp³-hybridized carbons (Fsp3) is 0.154. The van der Waals surface area contributed by atoms with Crippen molar-refractivity contribution in [3.63, 3.8) is 0 Å². The zero-order valence-electron chi connectivity index (χ0n) is 12.0. The van der Waals surface area contributed by atoms with Gasteiger partial charge in [0.05, 0.1) is 0 Å². The number of aromatic nitrogens is 2. The van der Waals surface area contributed by atoms with Crippen LogP contribution >= 0.6 is 11.6 Å². The first kappa shape index (κ1) is 17.7. The van der Waals surface area contributed by atoms with Crippen molar-refractivity contribution in [3.8, 4) is 0 Å². The summed E-state index contributed by atoms with van der Waals surface area (Å²) >= 11 is 5.89. The summed E-state index contributed by atoms with van der Waals surface area (Å²) in [4.78, 5) is 18.0. The van der Waals surface area contributed by atoms with Gasteiger partial charge in [-0.05, 0) is 24.6 Å². The molecule has 128 valence electrons. The van der Waals surface area contributed by atoms with Crippen LogP contribution < -0.4 is 16.4 Å². The Kier molecular flexibility index (Phi) is 4.78. The molecule has 0 aliphatic rings. The Labute approximate surface area is 138 Å². The minimum atomic E-state index is -5.08. The number of amides is 2. The molecule has 1 aromatic carbocycles. The number of carbonyl (C=O) groups is 1. The number of nitrogens with one attached hydrogen (secondary N) is 2. The lowest BCUT2D eigenvalue weighted by Gasteiger charge is -2.11. The Balaban J connectivity index is 2.20. The Bertz CT molecular complexity index is 797. The quantitative estimate of drug-likeness (QED) is 0.707. The Morgan fingerprint density at radius 1 is 1.25 bits per heavy atom. The van der Waals surface area contributed by atoms with E-state index in [1.807, 2.05) is 5.32 Å². The summed E-state index contributed by atoms with van der Waals surface area (Å²) in [6, 6.07) is 3.65. The van der Waals surface area contributed by atoms with Gasteiger partial charge in [-0.15, -0.1) is 0 Å². The molecule has 0 spiro atoms. The Hall–Kier alpha value is -2.62. The van der Waals surface area contributed by atoms with E-state index in [0.29, 0.717) is 5.02 Å². The van der Waals surface area contributed by atoms with E-state index in [0.717, 1.165) is 5.56 Å². The molecule has 2 rings (SSSR count). The number of nitrogen functional groups attached to an aromatic ring is 1. The molecule has 24 heavy (non-hydrogen) atoms. The van der Waals surface area contributed by atoms with Crippen molar-refractivity contribution in [1.82, 2.24) is 9.97 Å². The van der Waals surface area contributed by atoms with Crippen molar-refractivity contribution in [3.05, 3.63) is 40.3 Å². The van der Waals surface area contributed by atoms with Crippen molar-refractivity contribution in [2.45, 2.75) is 13.1 Å². The number of nitrogens with zero attached hydrogens (tertiary/aromatic N) is 2.